The molecule has 2 heterocycles. The largest absolute Gasteiger partial charge is 0.478 e. The molecule has 3 nitrogen and oxygen atoms in total. The smallest absolute Gasteiger partial charge is 0.336 e. The molecule has 7 heteroatoms. The first-order chi connectivity index (χ1) is 10.1. The lowest BCUT2D eigenvalue weighted by atomic mass is 10.2. The summed E-state index contributed by atoms with van der Waals surface area (Å²) in [5.41, 5.74) is 1.10. The van der Waals surface area contributed by atoms with Crippen molar-refractivity contribution in [2.24, 2.45) is 0 Å². The molecule has 1 N–H and O–H groups in total. The van der Waals surface area contributed by atoms with Crippen LogP contribution in [0.3, 0.4) is 0 Å². The highest BCUT2D eigenvalue weighted by Gasteiger charge is 2.16. The molecule has 1 aromatic carbocycles. The normalized spacial score (nSPS) is 10.8. The van der Waals surface area contributed by atoms with E-state index in [1.165, 1.54) is 34.8 Å². The van der Waals surface area contributed by atoms with Crippen molar-refractivity contribution >= 4 is 40.2 Å². The molecule has 0 fully saturated rings. The topological polar surface area (TPSA) is 50.2 Å². The van der Waals surface area contributed by atoms with Gasteiger partial charge in [0.25, 0.3) is 0 Å². The van der Waals surface area contributed by atoms with E-state index in [0.717, 1.165) is 4.88 Å². The number of halogens is 2. The van der Waals surface area contributed by atoms with Crippen molar-refractivity contribution < 1.29 is 14.3 Å². The van der Waals surface area contributed by atoms with E-state index in [-0.39, 0.29) is 11.1 Å². The number of aromatic nitrogens is 1. The third-order valence-corrected chi connectivity index (χ3v) is 4.91. The number of thiazole rings is 1. The molecule has 106 valence electrons. The molecule has 0 aliphatic carbocycles. The number of benzene rings is 1. The summed E-state index contributed by atoms with van der Waals surface area (Å²) >= 11 is 8.57. The lowest BCUT2D eigenvalue weighted by Gasteiger charge is -2.01. The van der Waals surface area contributed by atoms with Gasteiger partial charge < -0.3 is 5.11 Å². The highest BCUT2D eigenvalue weighted by atomic mass is 35.5. The number of thiophene rings is 1. The fourth-order valence-corrected chi connectivity index (χ4v) is 3.89. The summed E-state index contributed by atoms with van der Waals surface area (Å²) in [6, 6.07) is 6.02. The van der Waals surface area contributed by atoms with Gasteiger partial charge in [0, 0.05) is 10.8 Å². The number of hydrogen-bond acceptors (Lipinski definition) is 4. The summed E-state index contributed by atoms with van der Waals surface area (Å²) in [6.07, 6.45) is 0. The van der Waals surface area contributed by atoms with Crippen LogP contribution in [0.25, 0.3) is 21.1 Å². The Morgan fingerprint density at radius 2 is 2.10 bits per heavy atom. The van der Waals surface area contributed by atoms with Gasteiger partial charge in [-0.25, -0.2) is 14.2 Å². The van der Waals surface area contributed by atoms with Crippen molar-refractivity contribution in [1.82, 2.24) is 4.98 Å². The van der Waals surface area contributed by atoms with Crippen LogP contribution in [0.5, 0.6) is 0 Å². The Morgan fingerprint density at radius 3 is 2.76 bits per heavy atom. The summed E-state index contributed by atoms with van der Waals surface area (Å²) in [6.45, 7) is 0. The standard InChI is InChI=1S/C14H7ClFNO2S2/c15-8-2-1-3-9(16)12(8)13-17-10(6-21-13)11-4-7(5-20-11)14(18)19/h1-6H,(H,18,19). The number of aromatic carboxylic acids is 1. The Bertz CT molecular complexity index is 808. The predicted octanol–water partition coefficient (Wildman–Crippen LogP) is 5.03. The van der Waals surface area contributed by atoms with Gasteiger partial charge in [-0.2, -0.15) is 0 Å². The van der Waals surface area contributed by atoms with Crippen molar-refractivity contribution in [3.63, 3.8) is 0 Å². The van der Waals surface area contributed by atoms with Crippen LogP contribution in [0.15, 0.2) is 35.0 Å². The molecule has 0 aliphatic heterocycles. The Labute approximate surface area is 132 Å². The first-order valence-electron chi connectivity index (χ1n) is 5.78. The highest BCUT2D eigenvalue weighted by molar-refractivity contribution is 7.15. The lowest BCUT2D eigenvalue weighted by Crippen LogP contribution is -1.91. The summed E-state index contributed by atoms with van der Waals surface area (Å²) in [4.78, 5) is 16.0. The third-order valence-electron chi connectivity index (χ3n) is 2.78. The van der Waals surface area contributed by atoms with Gasteiger partial charge >= 0.3 is 5.97 Å². The Hall–Kier alpha value is -1.76. The van der Waals surface area contributed by atoms with Gasteiger partial charge in [-0.15, -0.1) is 22.7 Å². The zero-order valence-electron chi connectivity index (χ0n) is 10.3. The fourth-order valence-electron chi connectivity index (χ4n) is 1.79. The summed E-state index contributed by atoms with van der Waals surface area (Å²) in [5.74, 6) is -1.41. The SMILES string of the molecule is O=C(O)c1csc(-c2csc(-c3c(F)cccc3Cl)n2)c1. The van der Waals surface area contributed by atoms with E-state index >= 15 is 0 Å². The van der Waals surface area contributed by atoms with E-state index in [4.69, 9.17) is 16.7 Å². The molecule has 0 amide bonds. The lowest BCUT2D eigenvalue weighted by molar-refractivity contribution is 0.0697. The Kier molecular flexibility index (Phi) is 3.75. The third kappa shape index (κ3) is 2.70. The number of carboxylic acid groups (broad SMARTS) is 1. The van der Waals surface area contributed by atoms with Gasteiger partial charge in [0.2, 0.25) is 0 Å². The van der Waals surface area contributed by atoms with Crippen LogP contribution in [0.2, 0.25) is 5.02 Å². The molecule has 2 aromatic heterocycles. The number of carbonyl (C=O) groups is 1. The fraction of sp³-hybridized carbons (Fsp3) is 0. The average molecular weight is 340 g/mol. The van der Waals surface area contributed by atoms with E-state index in [9.17, 15) is 9.18 Å². The van der Waals surface area contributed by atoms with E-state index in [1.54, 1.807) is 22.9 Å². The van der Waals surface area contributed by atoms with Crippen LogP contribution in [0.4, 0.5) is 4.39 Å². The van der Waals surface area contributed by atoms with Crippen molar-refractivity contribution in [3.05, 3.63) is 51.4 Å². The van der Waals surface area contributed by atoms with Gasteiger partial charge in [0.1, 0.15) is 10.8 Å². The second kappa shape index (κ2) is 5.55. The number of carboxylic acids is 1. The molecular formula is C14H7ClFNO2S2. The molecule has 0 radical (unpaired) electrons. The minimum Gasteiger partial charge on any atom is -0.478 e. The quantitative estimate of drug-likeness (QED) is 0.728. The van der Waals surface area contributed by atoms with Gasteiger partial charge in [-0.3, -0.25) is 0 Å². The monoisotopic (exact) mass is 339 g/mol. The van der Waals surface area contributed by atoms with Crippen LogP contribution >= 0.6 is 34.3 Å². The summed E-state index contributed by atoms with van der Waals surface area (Å²) in [5, 5.41) is 13.0. The molecule has 0 atom stereocenters. The second-order valence-electron chi connectivity index (χ2n) is 4.14. The molecule has 0 aliphatic rings. The molecule has 21 heavy (non-hydrogen) atoms. The van der Waals surface area contributed by atoms with Gasteiger partial charge in [-0.05, 0) is 18.2 Å². The molecule has 0 bridgehead atoms. The molecular weight excluding hydrogens is 333 g/mol. The predicted molar refractivity (Wildman–Crippen MR) is 82.8 cm³/mol. The molecule has 0 saturated heterocycles. The van der Waals surface area contributed by atoms with Crippen LogP contribution in [-0.2, 0) is 0 Å². The van der Waals surface area contributed by atoms with E-state index in [0.29, 0.717) is 15.7 Å². The molecule has 3 rings (SSSR count). The van der Waals surface area contributed by atoms with E-state index in [2.05, 4.69) is 4.98 Å². The van der Waals surface area contributed by atoms with Crippen molar-refractivity contribution in [1.29, 1.82) is 0 Å². The van der Waals surface area contributed by atoms with Crippen LogP contribution in [0.1, 0.15) is 10.4 Å². The minimum atomic E-state index is -0.981. The zero-order chi connectivity index (χ0) is 15.0. The van der Waals surface area contributed by atoms with E-state index < -0.39 is 11.8 Å². The van der Waals surface area contributed by atoms with Crippen LogP contribution in [-0.4, -0.2) is 16.1 Å². The van der Waals surface area contributed by atoms with Crippen LogP contribution < -0.4 is 0 Å². The molecule has 0 saturated carbocycles. The number of rotatable bonds is 3. The first kappa shape index (κ1) is 14.2. The molecule has 0 unspecified atom stereocenters. The zero-order valence-corrected chi connectivity index (χ0v) is 12.7. The summed E-state index contributed by atoms with van der Waals surface area (Å²) < 4.78 is 13.9. The van der Waals surface area contributed by atoms with Gasteiger partial charge in [0.15, 0.2) is 0 Å². The maximum absolute atomic E-state index is 13.9. The summed E-state index contributed by atoms with van der Waals surface area (Å²) in [7, 11) is 0. The average Bonchev–Trinajstić information content (AvgIpc) is 3.07. The van der Waals surface area contributed by atoms with Crippen LogP contribution in [0, 0.1) is 5.82 Å². The molecule has 3 aromatic rings. The maximum atomic E-state index is 13.9. The number of hydrogen-bond donors (Lipinski definition) is 1. The number of nitrogens with zero attached hydrogens (tertiary/aromatic N) is 1. The molecule has 0 spiro atoms. The van der Waals surface area contributed by atoms with Gasteiger partial charge in [0.05, 0.1) is 26.7 Å². The Morgan fingerprint density at radius 1 is 1.29 bits per heavy atom. The van der Waals surface area contributed by atoms with Crippen molar-refractivity contribution in [3.8, 4) is 21.1 Å². The minimum absolute atomic E-state index is 0.216. The maximum Gasteiger partial charge on any atom is 0.336 e. The van der Waals surface area contributed by atoms with Crippen molar-refractivity contribution in [2.75, 3.05) is 0 Å². The second-order valence-corrected chi connectivity index (χ2v) is 6.32. The van der Waals surface area contributed by atoms with Crippen molar-refractivity contribution in [2.45, 2.75) is 0 Å². The first-order valence-corrected chi connectivity index (χ1v) is 7.92. The Balaban J connectivity index is 2.02. The highest BCUT2D eigenvalue weighted by Crippen LogP contribution is 2.36. The van der Waals surface area contributed by atoms with E-state index in [1.807, 2.05) is 0 Å². The van der Waals surface area contributed by atoms with Gasteiger partial charge in [-0.1, -0.05) is 17.7 Å².